The highest BCUT2D eigenvalue weighted by molar-refractivity contribution is 9.10. The van der Waals surface area contributed by atoms with E-state index in [4.69, 9.17) is 15.3 Å². The smallest absolute Gasteiger partial charge is 0.270 e. The first kappa shape index (κ1) is 18.7. The molecule has 0 spiro atoms. The molecule has 0 unspecified atom stereocenters. The third-order valence-electron chi connectivity index (χ3n) is 4.12. The standard InChI is InChI=1S/C17H14BrN5O4S/c18-14-4-2-1-3-13(14)16-20-21-17(22(16)19)28-8-11-6-12(23(24)25)5-10-7-26-9-27-15(10)11/h1-6H,7-9,19H2. The number of ether oxygens (including phenoxy) is 2. The van der Waals surface area contributed by atoms with Crippen molar-refractivity contribution in [3.05, 3.63) is 62.1 Å². The number of nitro groups is 1. The van der Waals surface area contributed by atoms with Crippen molar-refractivity contribution in [1.29, 1.82) is 0 Å². The summed E-state index contributed by atoms with van der Waals surface area (Å²) in [6.07, 6.45) is 0. The van der Waals surface area contributed by atoms with Gasteiger partial charge in [-0.15, -0.1) is 10.2 Å². The van der Waals surface area contributed by atoms with Crippen LogP contribution in [0.5, 0.6) is 5.75 Å². The van der Waals surface area contributed by atoms with Crippen LogP contribution in [-0.4, -0.2) is 26.6 Å². The van der Waals surface area contributed by atoms with Crippen molar-refractivity contribution in [2.45, 2.75) is 17.5 Å². The molecular weight excluding hydrogens is 450 g/mol. The zero-order valence-electron chi connectivity index (χ0n) is 14.4. The number of aromatic nitrogens is 3. The molecule has 0 saturated carbocycles. The van der Waals surface area contributed by atoms with Crippen molar-refractivity contribution < 1.29 is 14.4 Å². The normalized spacial score (nSPS) is 13.0. The number of hydrogen-bond acceptors (Lipinski definition) is 8. The molecule has 1 aliphatic heterocycles. The summed E-state index contributed by atoms with van der Waals surface area (Å²) in [5.74, 6) is 7.68. The van der Waals surface area contributed by atoms with Crippen molar-refractivity contribution >= 4 is 33.4 Å². The Morgan fingerprint density at radius 2 is 2.14 bits per heavy atom. The van der Waals surface area contributed by atoms with Gasteiger partial charge in [0, 0.05) is 39.0 Å². The fourth-order valence-electron chi connectivity index (χ4n) is 2.84. The molecule has 0 fully saturated rings. The number of benzene rings is 2. The number of nitrogen functional groups attached to an aromatic ring is 1. The number of nitrogens with zero attached hydrogens (tertiary/aromatic N) is 4. The van der Waals surface area contributed by atoms with E-state index in [1.54, 1.807) is 0 Å². The summed E-state index contributed by atoms with van der Waals surface area (Å²) in [6, 6.07) is 10.5. The highest BCUT2D eigenvalue weighted by Crippen LogP contribution is 2.36. The average Bonchev–Trinajstić information content (AvgIpc) is 3.06. The molecule has 0 atom stereocenters. The Labute approximate surface area is 172 Å². The molecule has 0 bridgehead atoms. The highest BCUT2D eigenvalue weighted by atomic mass is 79.9. The molecule has 0 amide bonds. The Morgan fingerprint density at radius 3 is 2.93 bits per heavy atom. The van der Waals surface area contributed by atoms with Crippen LogP contribution < -0.4 is 10.6 Å². The summed E-state index contributed by atoms with van der Waals surface area (Å²) in [5, 5.41) is 20.0. The number of nitro benzene ring substituents is 1. The van der Waals surface area contributed by atoms with Crippen LogP contribution in [-0.2, 0) is 17.1 Å². The van der Waals surface area contributed by atoms with Gasteiger partial charge in [0.15, 0.2) is 12.6 Å². The lowest BCUT2D eigenvalue weighted by atomic mass is 10.1. The Kier molecular flexibility index (Phi) is 5.20. The monoisotopic (exact) mass is 463 g/mol. The molecule has 144 valence electrons. The molecule has 0 saturated heterocycles. The van der Waals surface area contributed by atoms with Crippen LogP contribution in [0.4, 0.5) is 5.69 Å². The van der Waals surface area contributed by atoms with Crippen LogP contribution in [0, 0.1) is 10.1 Å². The number of non-ortho nitro benzene ring substituents is 1. The highest BCUT2D eigenvalue weighted by Gasteiger charge is 2.22. The van der Waals surface area contributed by atoms with E-state index in [0.29, 0.717) is 33.6 Å². The van der Waals surface area contributed by atoms with E-state index in [-0.39, 0.29) is 19.1 Å². The van der Waals surface area contributed by atoms with Gasteiger partial charge < -0.3 is 15.3 Å². The third kappa shape index (κ3) is 3.55. The minimum atomic E-state index is -0.431. The first-order valence-corrected chi connectivity index (χ1v) is 9.91. The number of nitrogens with two attached hydrogens (primary N) is 1. The zero-order valence-corrected chi connectivity index (χ0v) is 16.8. The minimum absolute atomic E-state index is 0.00781. The quantitative estimate of drug-likeness (QED) is 0.264. The maximum Gasteiger partial charge on any atom is 0.270 e. The molecule has 11 heteroatoms. The molecule has 0 aliphatic carbocycles. The Morgan fingerprint density at radius 1 is 1.32 bits per heavy atom. The van der Waals surface area contributed by atoms with Gasteiger partial charge in [-0.3, -0.25) is 10.1 Å². The Balaban J connectivity index is 1.61. The second-order valence-electron chi connectivity index (χ2n) is 5.91. The van der Waals surface area contributed by atoms with Gasteiger partial charge in [-0.25, -0.2) is 4.68 Å². The molecule has 9 nitrogen and oxygen atoms in total. The minimum Gasteiger partial charge on any atom is -0.467 e. The Bertz CT molecular complexity index is 1060. The van der Waals surface area contributed by atoms with Crippen LogP contribution in [0.2, 0.25) is 0 Å². The van der Waals surface area contributed by atoms with E-state index in [9.17, 15) is 10.1 Å². The second kappa shape index (κ2) is 7.78. The number of fused-ring (bicyclic) bond motifs is 1. The summed E-state index contributed by atoms with van der Waals surface area (Å²) in [7, 11) is 0. The van der Waals surface area contributed by atoms with Crippen molar-refractivity contribution in [3.63, 3.8) is 0 Å². The predicted octanol–water partition coefficient (Wildman–Crippen LogP) is 3.49. The first-order chi connectivity index (χ1) is 13.5. The van der Waals surface area contributed by atoms with Gasteiger partial charge in [0.05, 0.1) is 11.5 Å². The van der Waals surface area contributed by atoms with Crippen LogP contribution in [0.25, 0.3) is 11.4 Å². The summed E-state index contributed by atoms with van der Waals surface area (Å²) < 4.78 is 13.0. The van der Waals surface area contributed by atoms with Gasteiger partial charge in [0.1, 0.15) is 5.75 Å². The first-order valence-electron chi connectivity index (χ1n) is 8.13. The molecule has 2 aromatic carbocycles. The number of hydrogen-bond donors (Lipinski definition) is 1. The molecular formula is C17H14BrN5O4S. The van der Waals surface area contributed by atoms with E-state index in [2.05, 4.69) is 26.1 Å². The predicted molar refractivity (Wildman–Crippen MR) is 106 cm³/mol. The Hall–Kier alpha value is -2.63. The van der Waals surface area contributed by atoms with E-state index in [1.165, 1.54) is 28.6 Å². The maximum atomic E-state index is 11.2. The fourth-order valence-corrected chi connectivity index (χ4v) is 4.12. The van der Waals surface area contributed by atoms with Gasteiger partial charge in [0.2, 0.25) is 5.16 Å². The van der Waals surface area contributed by atoms with Crippen molar-refractivity contribution in [1.82, 2.24) is 14.9 Å². The maximum absolute atomic E-state index is 11.2. The van der Waals surface area contributed by atoms with Gasteiger partial charge in [-0.2, -0.15) is 0 Å². The van der Waals surface area contributed by atoms with Crippen molar-refractivity contribution in [2.75, 3.05) is 12.6 Å². The van der Waals surface area contributed by atoms with Crippen LogP contribution in [0.3, 0.4) is 0 Å². The fraction of sp³-hybridized carbons (Fsp3) is 0.176. The van der Waals surface area contributed by atoms with E-state index in [0.717, 1.165) is 10.0 Å². The van der Waals surface area contributed by atoms with E-state index < -0.39 is 4.92 Å². The van der Waals surface area contributed by atoms with E-state index >= 15 is 0 Å². The number of halogens is 1. The lowest BCUT2D eigenvalue weighted by Crippen LogP contribution is -2.14. The molecule has 1 aromatic heterocycles. The van der Waals surface area contributed by atoms with Crippen molar-refractivity contribution in [3.8, 4) is 17.1 Å². The lowest BCUT2D eigenvalue weighted by molar-refractivity contribution is -0.385. The summed E-state index contributed by atoms with van der Waals surface area (Å²) in [4.78, 5) is 10.8. The molecule has 4 rings (SSSR count). The molecule has 28 heavy (non-hydrogen) atoms. The third-order valence-corrected chi connectivity index (χ3v) is 5.80. The molecule has 0 radical (unpaired) electrons. The molecule has 2 heterocycles. The van der Waals surface area contributed by atoms with Crippen LogP contribution in [0.15, 0.2) is 46.0 Å². The number of thioether (sulfide) groups is 1. The molecule has 1 aliphatic rings. The molecule has 3 aromatic rings. The summed E-state index contributed by atoms with van der Waals surface area (Å²) in [6.45, 7) is 0.385. The van der Waals surface area contributed by atoms with Crippen LogP contribution in [0.1, 0.15) is 11.1 Å². The topological polar surface area (TPSA) is 118 Å². The average molecular weight is 464 g/mol. The SMILES string of the molecule is Nn1c(SCc2cc([N+](=O)[O-])cc3c2OCOC3)nnc1-c1ccccc1Br. The second-order valence-corrected chi connectivity index (χ2v) is 7.70. The largest absolute Gasteiger partial charge is 0.467 e. The van der Waals surface area contributed by atoms with Crippen molar-refractivity contribution in [2.24, 2.45) is 0 Å². The van der Waals surface area contributed by atoms with Gasteiger partial charge in [-0.05, 0) is 12.1 Å². The van der Waals surface area contributed by atoms with Gasteiger partial charge in [-0.1, -0.05) is 39.8 Å². The van der Waals surface area contributed by atoms with Gasteiger partial charge in [0.25, 0.3) is 5.69 Å². The summed E-state index contributed by atoms with van der Waals surface area (Å²) in [5.41, 5.74) is 2.14. The van der Waals surface area contributed by atoms with E-state index in [1.807, 2.05) is 24.3 Å². The lowest BCUT2D eigenvalue weighted by Gasteiger charge is -2.20. The number of rotatable bonds is 5. The van der Waals surface area contributed by atoms with Gasteiger partial charge >= 0.3 is 0 Å². The van der Waals surface area contributed by atoms with Crippen LogP contribution >= 0.6 is 27.7 Å². The zero-order chi connectivity index (χ0) is 19.7. The molecule has 2 N–H and O–H groups in total. The summed E-state index contributed by atoms with van der Waals surface area (Å²) >= 11 is 4.80.